The summed E-state index contributed by atoms with van der Waals surface area (Å²) in [5, 5.41) is 0.945. The third kappa shape index (κ3) is 3.95. The van der Waals surface area contributed by atoms with E-state index in [1.165, 1.54) is 0 Å². The molecule has 2 atom stereocenters. The van der Waals surface area contributed by atoms with Gasteiger partial charge in [-0.05, 0) is 27.2 Å². The smallest absolute Gasteiger partial charge is 0.408 e. The normalized spacial score (nSPS) is 27.3. The van der Waals surface area contributed by atoms with E-state index in [4.69, 9.17) is 4.74 Å². The van der Waals surface area contributed by atoms with Crippen LogP contribution in [0.15, 0.2) is 0 Å². The Morgan fingerprint density at radius 3 is 2.56 bits per heavy atom. The molecule has 0 saturated carbocycles. The lowest BCUT2D eigenvalue weighted by Gasteiger charge is -2.29. The van der Waals surface area contributed by atoms with Gasteiger partial charge in [-0.3, -0.25) is 0 Å². The molecule has 0 bridgehead atoms. The van der Waals surface area contributed by atoms with Crippen LogP contribution in [0.1, 0.15) is 27.2 Å². The third-order valence-electron chi connectivity index (χ3n) is 2.34. The van der Waals surface area contributed by atoms with Gasteiger partial charge in [-0.25, -0.2) is 17.9 Å². The van der Waals surface area contributed by atoms with E-state index >= 15 is 0 Å². The van der Waals surface area contributed by atoms with Crippen LogP contribution >= 0.6 is 0 Å². The molecule has 8 heteroatoms. The summed E-state index contributed by atoms with van der Waals surface area (Å²) in [5.41, 5.74) is -0.730. The van der Waals surface area contributed by atoms with Gasteiger partial charge in [0.1, 0.15) is 11.9 Å². The van der Waals surface area contributed by atoms with Crippen LogP contribution < -0.4 is 10.0 Å². The standard InChI is InChI=1S/C10H18N2O5S/c1-10(2,3)17-9(14)12-8-7(6-13)4-5-11-18(8,15)16/h6-8,11H,4-5H2,1-3H3,(H,12,14)/t7-,8+/m0/s1. The summed E-state index contributed by atoms with van der Waals surface area (Å²) in [6, 6.07) is 0. The van der Waals surface area contributed by atoms with Gasteiger partial charge in [-0.1, -0.05) is 0 Å². The summed E-state index contributed by atoms with van der Waals surface area (Å²) in [6.07, 6.45) is 0.0375. The van der Waals surface area contributed by atoms with E-state index in [0.717, 1.165) is 0 Å². The van der Waals surface area contributed by atoms with Gasteiger partial charge < -0.3 is 14.8 Å². The van der Waals surface area contributed by atoms with Crippen molar-refractivity contribution in [1.29, 1.82) is 0 Å². The molecule has 1 aliphatic heterocycles. The molecule has 104 valence electrons. The van der Waals surface area contributed by atoms with E-state index in [2.05, 4.69) is 10.0 Å². The topological polar surface area (TPSA) is 102 Å². The number of carbonyl (C=O) groups is 2. The average Bonchev–Trinajstić information content (AvgIpc) is 2.18. The first-order chi connectivity index (χ1) is 8.15. The summed E-state index contributed by atoms with van der Waals surface area (Å²) in [6.45, 7) is 5.18. The number of alkyl carbamates (subject to hydrolysis) is 1. The summed E-state index contributed by atoms with van der Waals surface area (Å²) in [7, 11) is -3.73. The first-order valence-electron chi connectivity index (χ1n) is 5.59. The van der Waals surface area contributed by atoms with Crippen LogP contribution in [0, 0.1) is 5.92 Å². The molecule has 0 aromatic heterocycles. The van der Waals surface area contributed by atoms with E-state index < -0.39 is 33.0 Å². The van der Waals surface area contributed by atoms with Crippen molar-refractivity contribution < 1.29 is 22.7 Å². The molecule has 1 amide bonds. The highest BCUT2D eigenvalue weighted by molar-refractivity contribution is 7.90. The first-order valence-corrected chi connectivity index (χ1v) is 7.13. The van der Waals surface area contributed by atoms with Gasteiger partial charge in [-0.15, -0.1) is 0 Å². The zero-order chi connectivity index (χ0) is 14.0. The highest BCUT2D eigenvalue weighted by Gasteiger charge is 2.38. The van der Waals surface area contributed by atoms with E-state index in [0.29, 0.717) is 12.7 Å². The van der Waals surface area contributed by atoms with E-state index in [9.17, 15) is 18.0 Å². The largest absolute Gasteiger partial charge is 0.444 e. The molecular weight excluding hydrogens is 260 g/mol. The molecule has 1 aliphatic rings. The number of aldehydes is 1. The minimum Gasteiger partial charge on any atom is -0.444 e. The van der Waals surface area contributed by atoms with Crippen LogP contribution in [0.5, 0.6) is 0 Å². The van der Waals surface area contributed by atoms with Crippen molar-refractivity contribution in [3.8, 4) is 0 Å². The average molecular weight is 278 g/mol. The molecule has 1 fully saturated rings. The second-order valence-corrected chi connectivity index (χ2v) is 6.98. The second-order valence-electron chi connectivity index (χ2n) is 5.09. The van der Waals surface area contributed by atoms with Gasteiger partial charge >= 0.3 is 6.09 Å². The van der Waals surface area contributed by atoms with E-state index in [1.54, 1.807) is 20.8 Å². The van der Waals surface area contributed by atoms with E-state index in [-0.39, 0.29) is 6.54 Å². The van der Waals surface area contributed by atoms with Crippen LogP contribution in [-0.4, -0.2) is 38.3 Å². The van der Waals surface area contributed by atoms with E-state index in [1.807, 2.05) is 0 Å². The minimum absolute atomic E-state index is 0.193. The Balaban J connectivity index is 2.78. The lowest BCUT2D eigenvalue weighted by molar-refractivity contribution is -0.111. The van der Waals surface area contributed by atoms with Crippen molar-refractivity contribution in [3.05, 3.63) is 0 Å². The maximum atomic E-state index is 11.7. The summed E-state index contributed by atoms with van der Waals surface area (Å²) < 4.78 is 30.7. The van der Waals surface area contributed by atoms with Gasteiger partial charge in [0.15, 0.2) is 5.37 Å². The number of hydrogen-bond donors (Lipinski definition) is 2. The number of amides is 1. The van der Waals surface area contributed by atoms with Crippen molar-refractivity contribution in [3.63, 3.8) is 0 Å². The maximum Gasteiger partial charge on any atom is 0.408 e. The summed E-state index contributed by atoms with van der Waals surface area (Å²) in [5.74, 6) is -0.760. The zero-order valence-corrected chi connectivity index (χ0v) is 11.4. The number of ether oxygens (including phenoxy) is 1. The molecule has 0 aliphatic carbocycles. The fourth-order valence-corrected chi connectivity index (χ4v) is 3.08. The molecule has 1 rings (SSSR count). The fourth-order valence-electron chi connectivity index (χ4n) is 1.59. The third-order valence-corrected chi connectivity index (χ3v) is 4.08. The van der Waals surface area contributed by atoms with Crippen molar-refractivity contribution in [1.82, 2.24) is 10.0 Å². The molecule has 18 heavy (non-hydrogen) atoms. The lowest BCUT2D eigenvalue weighted by atomic mass is 10.1. The fraction of sp³-hybridized carbons (Fsp3) is 0.800. The SMILES string of the molecule is CC(C)(C)OC(=O)N[C@H]1[C@H](C=O)CCNS1(=O)=O. The highest BCUT2D eigenvalue weighted by Crippen LogP contribution is 2.17. The Morgan fingerprint density at radius 1 is 1.44 bits per heavy atom. The molecule has 1 saturated heterocycles. The van der Waals surface area contributed by atoms with Crippen molar-refractivity contribution in [2.45, 2.75) is 38.2 Å². The number of carbonyl (C=O) groups excluding carboxylic acids is 2. The van der Waals surface area contributed by atoms with Gasteiger partial charge in [0.2, 0.25) is 10.0 Å². The molecule has 0 spiro atoms. The second kappa shape index (κ2) is 5.23. The molecule has 2 N–H and O–H groups in total. The number of rotatable bonds is 2. The van der Waals surface area contributed by atoms with Gasteiger partial charge in [-0.2, -0.15) is 0 Å². The highest BCUT2D eigenvalue weighted by atomic mass is 32.2. The predicted molar refractivity (Wildman–Crippen MR) is 64.3 cm³/mol. The monoisotopic (exact) mass is 278 g/mol. The lowest BCUT2D eigenvalue weighted by Crippen LogP contribution is -2.55. The minimum atomic E-state index is -3.73. The Hall–Kier alpha value is -1.15. The molecule has 0 aromatic carbocycles. The zero-order valence-electron chi connectivity index (χ0n) is 10.6. The van der Waals surface area contributed by atoms with Crippen LogP contribution in [0.3, 0.4) is 0 Å². The molecule has 0 aromatic rings. The maximum absolute atomic E-state index is 11.7. The number of hydrogen-bond acceptors (Lipinski definition) is 5. The first kappa shape index (κ1) is 14.9. The van der Waals surface area contributed by atoms with Gasteiger partial charge in [0, 0.05) is 6.54 Å². The van der Waals surface area contributed by atoms with Crippen LogP contribution in [0.4, 0.5) is 4.79 Å². The van der Waals surface area contributed by atoms with Crippen LogP contribution in [0.2, 0.25) is 0 Å². The van der Waals surface area contributed by atoms with Crippen molar-refractivity contribution >= 4 is 22.4 Å². The molecule has 0 radical (unpaired) electrons. The Labute approximate surface area is 106 Å². The Morgan fingerprint density at radius 2 is 2.06 bits per heavy atom. The molecule has 7 nitrogen and oxygen atoms in total. The Kier molecular flexibility index (Phi) is 4.33. The van der Waals surface area contributed by atoms with Crippen LogP contribution in [-0.2, 0) is 19.6 Å². The quantitative estimate of drug-likeness (QED) is 0.691. The predicted octanol–water partition coefficient (Wildman–Crippen LogP) is -0.0246. The summed E-state index contributed by atoms with van der Waals surface area (Å²) >= 11 is 0. The summed E-state index contributed by atoms with van der Waals surface area (Å²) in [4.78, 5) is 22.4. The molecule has 0 unspecified atom stereocenters. The van der Waals surface area contributed by atoms with Crippen LogP contribution in [0.25, 0.3) is 0 Å². The number of sulfonamides is 1. The molecule has 1 heterocycles. The number of nitrogens with one attached hydrogen (secondary N) is 2. The van der Waals surface area contributed by atoms with Crippen molar-refractivity contribution in [2.75, 3.05) is 6.54 Å². The molecular formula is C10H18N2O5S. The van der Waals surface area contributed by atoms with Gasteiger partial charge in [0.25, 0.3) is 0 Å². The Bertz CT molecular complexity index is 426. The van der Waals surface area contributed by atoms with Gasteiger partial charge in [0.05, 0.1) is 5.92 Å². The van der Waals surface area contributed by atoms with Crippen molar-refractivity contribution in [2.24, 2.45) is 5.92 Å².